The maximum atomic E-state index is 8.88. The highest BCUT2D eigenvalue weighted by Crippen LogP contribution is 2.27. The summed E-state index contributed by atoms with van der Waals surface area (Å²) in [5.41, 5.74) is 3.23. The van der Waals surface area contributed by atoms with Gasteiger partial charge < -0.3 is 14.5 Å². The Hall–Kier alpha value is -2.51. The van der Waals surface area contributed by atoms with Gasteiger partial charge in [0.2, 0.25) is 0 Å². The van der Waals surface area contributed by atoms with E-state index in [1.54, 1.807) is 4.90 Å². The molecule has 1 saturated heterocycles. The zero-order valence-corrected chi connectivity index (χ0v) is 14.2. The van der Waals surface area contributed by atoms with Crippen LogP contribution in [0.1, 0.15) is 18.1 Å². The SMILES string of the molecule is CCOc1ccccc1N1CC[NH+](Cc2ccc(C#N)cc2)CC1. The number of nitriles is 1. The molecule has 2 aromatic rings. The third kappa shape index (κ3) is 3.87. The molecule has 124 valence electrons. The van der Waals surface area contributed by atoms with Gasteiger partial charge in [-0.15, -0.1) is 0 Å². The van der Waals surface area contributed by atoms with Crippen LogP contribution in [0.15, 0.2) is 48.5 Å². The van der Waals surface area contributed by atoms with E-state index in [9.17, 15) is 0 Å². The van der Waals surface area contributed by atoms with Gasteiger partial charge in [0.05, 0.1) is 50.1 Å². The minimum atomic E-state index is 0.695. The Morgan fingerprint density at radius 2 is 1.79 bits per heavy atom. The highest BCUT2D eigenvalue weighted by Gasteiger charge is 2.22. The lowest BCUT2D eigenvalue weighted by molar-refractivity contribution is -0.914. The van der Waals surface area contributed by atoms with Gasteiger partial charge in [-0.3, -0.25) is 0 Å². The number of anilines is 1. The quantitative estimate of drug-likeness (QED) is 0.913. The third-order valence-electron chi connectivity index (χ3n) is 4.51. The van der Waals surface area contributed by atoms with Gasteiger partial charge in [0.25, 0.3) is 0 Å². The lowest BCUT2D eigenvalue weighted by Gasteiger charge is -2.34. The highest BCUT2D eigenvalue weighted by molar-refractivity contribution is 5.58. The molecule has 1 aliphatic heterocycles. The van der Waals surface area contributed by atoms with Crippen molar-refractivity contribution in [3.8, 4) is 11.8 Å². The number of rotatable bonds is 5. The van der Waals surface area contributed by atoms with Crippen LogP contribution in [-0.4, -0.2) is 32.8 Å². The number of hydrogen-bond donors (Lipinski definition) is 1. The van der Waals surface area contributed by atoms with E-state index in [0.29, 0.717) is 6.61 Å². The van der Waals surface area contributed by atoms with E-state index < -0.39 is 0 Å². The first kappa shape index (κ1) is 16.4. The molecule has 0 spiro atoms. The zero-order valence-electron chi connectivity index (χ0n) is 14.2. The lowest BCUT2D eigenvalue weighted by Crippen LogP contribution is -3.13. The Kier molecular flexibility index (Phi) is 5.35. The number of nitrogens with one attached hydrogen (secondary N) is 1. The van der Waals surface area contributed by atoms with Crippen LogP contribution in [0.4, 0.5) is 5.69 Å². The van der Waals surface area contributed by atoms with Gasteiger partial charge in [0, 0.05) is 5.56 Å². The fourth-order valence-electron chi connectivity index (χ4n) is 3.22. The lowest BCUT2D eigenvalue weighted by atomic mass is 10.1. The molecule has 0 bridgehead atoms. The molecular weight excluding hydrogens is 298 g/mol. The van der Waals surface area contributed by atoms with E-state index in [1.165, 1.54) is 11.3 Å². The second-order valence-corrected chi connectivity index (χ2v) is 6.12. The number of ether oxygens (including phenoxy) is 1. The first-order chi connectivity index (χ1) is 11.8. The van der Waals surface area contributed by atoms with Crippen molar-refractivity contribution >= 4 is 5.69 Å². The fourth-order valence-corrected chi connectivity index (χ4v) is 3.22. The largest absolute Gasteiger partial charge is 0.492 e. The van der Waals surface area contributed by atoms with Crippen molar-refractivity contribution in [1.29, 1.82) is 5.26 Å². The Balaban J connectivity index is 1.58. The predicted octanol–water partition coefficient (Wildman–Crippen LogP) is 1.86. The Morgan fingerprint density at radius 3 is 2.46 bits per heavy atom. The summed E-state index contributed by atoms with van der Waals surface area (Å²) < 4.78 is 5.76. The topological polar surface area (TPSA) is 40.7 Å². The second kappa shape index (κ2) is 7.85. The van der Waals surface area contributed by atoms with Crippen molar-refractivity contribution in [3.05, 3.63) is 59.7 Å². The van der Waals surface area contributed by atoms with Gasteiger partial charge in [0.1, 0.15) is 12.3 Å². The number of nitrogens with zero attached hydrogens (tertiary/aromatic N) is 2. The summed E-state index contributed by atoms with van der Waals surface area (Å²) in [7, 11) is 0. The molecule has 0 saturated carbocycles. The van der Waals surface area contributed by atoms with Crippen LogP contribution in [0.25, 0.3) is 0 Å². The second-order valence-electron chi connectivity index (χ2n) is 6.12. The van der Waals surface area contributed by atoms with Gasteiger partial charge in [-0.1, -0.05) is 24.3 Å². The zero-order chi connectivity index (χ0) is 16.8. The molecule has 4 heteroatoms. The van der Waals surface area contributed by atoms with E-state index in [4.69, 9.17) is 10.00 Å². The maximum absolute atomic E-state index is 8.88. The first-order valence-electron chi connectivity index (χ1n) is 8.59. The number of hydrogen-bond acceptors (Lipinski definition) is 3. The Bertz CT molecular complexity index is 698. The number of para-hydroxylation sites is 2. The van der Waals surface area contributed by atoms with E-state index in [2.05, 4.69) is 41.3 Å². The predicted molar refractivity (Wildman–Crippen MR) is 95.4 cm³/mol. The van der Waals surface area contributed by atoms with Crippen LogP contribution in [-0.2, 0) is 6.54 Å². The molecule has 1 aliphatic rings. The molecule has 3 rings (SSSR count). The molecule has 0 aliphatic carbocycles. The summed E-state index contributed by atoms with van der Waals surface area (Å²) >= 11 is 0. The van der Waals surface area contributed by atoms with E-state index in [1.807, 2.05) is 25.1 Å². The van der Waals surface area contributed by atoms with Crippen molar-refractivity contribution in [2.24, 2.45) is 0 Å². The van der Waals surface area contributed by atoms with Crippen LogP contribution in [0.5, 0.6) is 5.75 Å². The Labute approximate surface area is 143 Å². The molecule has 0 unspecified atom stereocenters. The summed E-state index contributed by atoms with van der Waals surface area (Å²) in [6, 6.07) is 18.4. The summed E-state index contributed by atoms with van der Waals surface area (Å²) in [4.78, 5) is 4.01. The van der Waals surface area contributed by atoms with Crippen LogP contribution in [0.2, 0.25) is 0 Å². The number of quaternary nitrogens is 1. The molecule has 0 atom stereocenters. The van der Waals surface area contributed by atoms with Crippen LogP contribution < -0.4 is 14.5 Å². The fraction of sp³-hybridized carbons (Fsp3) is 0.350. The first-order valence-corrected chi connectivity index (χ1v) is 8.59. The molecule has 1 fully saturated rings. The normalized spacial score (nSPS) is 15.1. The standard InChI is InChI=1S/C20H23N3O/c1-2-24-20-6-4-3-5-19(20)23-13-11-22(12-14-23)16-18-9-7-17(15-21)8-10-18/h3-10H,2,11-14,16H2,1H3/p+1. The van der Waals surface area contributed by atoms with E-state index >= 15 is 0 Å². The Morgan fingerprint density at radius 1 is 1.08 bits per heavy atom. The van der Waals surface area contributed by atoms with Gasteiger partial charge in [0.15, 0.2) is 0 Å². The van der Waals surface area contributed by atoms with Crippen molar-refractivity contribution < 1.29 is 9.64 Å². The molecule has 0 amide bonds. The number of piperazine rings is 1. The van der Waals surface area contributed by atoms with Gasteiger partial charge in [-0.05, 0) is 31.2 Å². The minimum absolute atomic E-state index is 0.695. The van der Waals surface area contributed by atoms with E-state index in [-0.39, 0.29) is 0 Å². The van der Waals surface area contributed by atoms with Crippen molar-refractivity contribution in [1.82, 2.24) is 0 Å². The minimum Gasteiger partial charge on any atom is -0.492 e. The summed E-state index contributed by atoms with van der Waals surface area (Å²) in [6.45, 7) is 8.04. The van der Waals surface area contributed by atoms with Gasteiger partial charge >= 0.3 is 0 Å². The van der Waals surface area contributed by atoms with Crippen molar-refractivity contribution in [2.75, 3.05) is 37.7 Å². The van der Waals surface area contributed by atoms with Crippen LogP contribution >= 0.6 is 0 Å². The molecule has 0 aromatic heterocycles. The smallest absolute Gasteiger partial charge is 0.142 e. The molecule has 24 heavy (non-hydrogen) atoms. The monoisotopic (exact) mass is 322 g/mol. The average Bonchev–Trinajstić information content (AvgIpc) is 2.64. The average molecular weight is 322 g/mol. The third-order valence-corrected chi connectivity index (χ3v) is 4.51. The molecule has 4 nitrogen and oxygen atoms in total. The van der Waals surface area contributed by atoms with Crippen LogP contribution in [0, 0.1) is 11.3 Å². The number of benzene rings is 2. The molecule has 1 N–H and O–H groups in total. The van der Waals surface area contributed by atoms with Crippen molar-refractivity contribution in [2.45, 2.75) is 13.5 Å². The molecular formula is C20H24N3O+. The maximum Gasteiger partial charge on any atom is 0.142 e. The van der Waals surface area contributed by atoms with E-state index in [0.717, 1.165) is 44.0 Å². The summed E-state index contributed by atoms with van der Waals surface area (Å²) in [5.74, 6) is 0.982. The van der Waals surface area contributed by atoms with Gasteiger partial charge in [-0.2, -0.15) is 5.26 Å². The molecule has 0 radical (unpaired) electrons. The molecule has 1 heterocycles. The van der Waals surface area contributed by atoms with Gasteiger partial charge in [-0.25, -0.2) is 0 Å². The highest BCUT2D eigenvalue weighted by atomic mass is 16.5. The summed E-state index contributed by atoms with van der Waals surface area (Å²) in [5, 5.41) is 8.88. The summed E-state index contributed by atoms with van der Waals surface area (Å²) in [6.07, 6.45) is 0. The van der Waals surface area contributed by atoms with Crippen molar-refractivity contribution in [3.63, 3.8) is 0 Å². The molecule has 2 aromatic carbocycles. The van der Waals surface area contributed by atoms with Crippen LogP contribution in [0.3, 0.4) is 0 Å².